The van der Waals surface area contributed by atoms with Gasteiger partial charge in [-0.2, -0.15) is 13.2 Å². The van der Waals surface area contributed by atoms with E-state index in [0.29, 0.717) is 16.7 Å². The summed E-state index contributed by atoms with van der Waals surface area (Å²) in [5, 5.41) is 0. The van der Waals surface area contributed by atoms with Gasteiger partial charge in [0.05, 0.1) is 16.7 Å². The normalized spacial score (nSPS) is 11.9. The minimum absolute atomic E-state index is 0.0845. The number of alkyl halides is 3. The molecule has 0 radical (unpaired) electrons. The molecule has 0 aliphatic rings. The van der Waals surface area contributed by atoms with Crippen LogP contribution in [0.15, 0.2) is 70.3 Å². The van der Waals surface area contributed by atoms with E-state index in [2.05, 4.69) is 30.6 Å². The second-order valence-electron chi connectivity index (χ2n) is 5.75. The number of hydrogen-bond donors (Lipinski definition) is 1. The molecule has 0 saturated heterocycles. The number of halogens is 4. The molecule has 0 spiro atoms. The van der Waals surface area contributed by atoms with Crippen molar-refractivity contribution in [1.29, 1.82) is 0 Å². The van der Waals surface area contributed by atoms with Crippen LogP contribution in [0.3, 0.4) is 0 Å². The Balaban J connectivity index is 1.83. The first-order valence-electron chi connectivity index (χ1n) is 8.04. The van der Waals surface area contributed by atoms with Gasteiger partial charge in [0.1, 0.15) is 11.2 Å². The molecule has 6 nitrogen and oxygen atoms in total. The Labute approximate surface area is 173 Å². The van der Waals surface area contributed by atoms with Crippen molar-refractivity contribution in [3.8, 4) is 5.88 Å². The largest absolute Gasteiger partial charge is 0.470 e. The molecule has 29 heavy (non-hydrogen) atoms. The highest BCUT2D eigenvalue weighted by Gasteiger charge is 2.30. The van der Waals surface area contributed by atoms with Gasteiger partial charge in [0.2, 0.25) is 5.82 Å². The number of aromatic nitrogens is 2. The Kier molecular flexibility index (Phi) is 6.08. The van der Waals surface area contributed by atoms with Crippen molar-refractivity contribution in [2.24, 2.45) is 0 Å². The minimum Gasteiger partial charge on any atom is -0.470 e. The molecule has 0 bridgehead atoms. The molecular formula is C18H13BrF3N3O3S. The average molecular weight is 488 g/mol. The third kappa shape index (κ3) is 5.45. The summed E-state index contributed by atoms with van der Waals surface area (Å²) in [7, 11) is -4.21. The van der Waals surface area contributed by atoms with Crippen molar-refractivity contribution < 1.29 is 26.3 Å². The van der Waals surface area contributed by atoms with Crippen molar-refractivity contribution in [1.82, 2.24) is 9.97 Å². The van der Waals surface area contributed by atoms with E-state index < -0.39 is 21.8 Å². The van der Waals surface area contributed by atoms with E-state index in [-0.39, 0.29) is 23.2 Å². The molecule has 0 atom stereocenters. The zero-order chi connectivity index (χ0) is 21.1. The number of hydrogen-bond acceptors (Lipinski definition) is 5. The topological polar surface area (TPSA) is 81.2 Å². The van der Waals surface area contributed by atoms with Crippen LogP contribution in [0.4, 0.5) is 19.0 Å². The van der Waals surface area contributed by atoms with Crippen LogP contribution in [0, 0.1) is 0 Å². The monoisotopic (exact) mass is 487 g/mol. The number of anilines is 1. The summed E-state index contributed by atoms with van der Waals surface area (Å²) in [6, 6.07) is 12.2. The van der Waals surface area contributed by atoms with Gasteiger partial charge in [-0.05, 0) is 45.8 Å². The van der Waals surface area contributed by atoms with Gasteiger partial charge in [-0.15, -0.1) is 0 Å². The Morgan fingerprint density at radius 3 is 2.31 bits per heavy atom. The van der Waals surface area contributed by atoms with Crippen LogP contribution in [0.1, 0.15) is 11.1 Å². The van der Waals surface area contributed by atoms with Gasteiger partial charge in [-0.3, -0.25) is 4.72 Å². The van der Waals surface area contributed by atoms with Crippen LogP contribution in [-0.2, 0) is 22.8 Å². The molecule has 0 amide bonds. The lowest BCUT2D eigenvalue weighted by molar-refractivity contribution is -0.137. The summed E-state index contributed by atoms with van der Waals surface area (Å²) < 4.78 is 71.2. The molecule has 0 aliphatic heterocycles. The first-order valence-corrected chi connectivity index (χ1v) is 10.3. The Bertz CT molecular complexity index is 1090. The fourth-order valence-electron chi connectivity index (χ4n) is 2.26. The molecule has 0 fully saturated rings. The average Bonchev–Trinajstić information content (AvgIpc) is 2.68. The molecule has 1 heterocycles. The number of benzene rings is 2. The zero-order valence-electron chi connectivity index (χ0n) is 14.5. The van der Waals surface area contributed by atoms with Crippen LogP contribution >= 0.6 is 15.9 Å². The van der Waals surface area contributed by atoms with Crippen LogP contribution in [0.2, 0.25) is 0 Å². The summed E-state index contributed by atoms with van der Waals surface area (Å²) in [5.41, 5.74) is -0.127. The molecule has 152 valence electrons. The van der Waals surface area contributed by atoms with Gasteiger partial charge in [0.25, 0.3) is 15.9 Å². The fraction of sp³-hybridized carbons (Fsp3) is 0.111. The maximum absolute atomic E-state index is 12.7. The Morgan fingerprint density at radius 2 is 1.69 bits per heavy atom. The lowest BCUT2D eigenvalue weighted by Crippen LogP contribution is -2.16. The Hall–Kier alpha value is -2.66. The summed E-state index contributed by atoms with van der Waals surface area (Å²) in [4.78, 5) is 7.66. The van der Waals surface area contributed by atoms with Crippen molar-refractivity contribution in [3.63, 3.8) is 0 Å². The molecule has 3 rings (SSSR count). The molecule has 2 aromatic carbocycles. The highest BCUT2D eigenvalue weighted by atomic mass is 79.9. The lowest BCUT2D eigenvalue weighted by atomic mass is 10.2. The first-order chi connectivity index (χ1) is 13.6. The van der Waals surface area contributed by atoms with Gasteiger partial charge < -0.3 is 4.74 Å². The Morgan fingerprint density at radius 1 is 1.03 bits per heavy atom. The van der Waals surface area contributed by atoms with E-state index in [1.54, 1.807) is 0 Å². The molecule has 1 aromatic heterocycles. The molecular weight excluding hydrogens is 475 g/mol. The molecule has 0 unspecified atom stereocenters. The smallest absolute Gasteiger partial charge is 0.416 e. The van der Waals surface area contributed by atoms with Gasteiger partial charge >= 0.3 is 6.18 Å². The third-order valence-electron chi connectivity index (χ3n) is 3.65. The fourth-order valence-corrected chi connectivity index (χ4v) is 3.53. The summed E-state index contributed by atoms with van der Waals surface area (Å²) in [5.74, 6) is -0.275. The number of nitrogens with zero attached hydrogens (tertiary/aromatic N) is 2. The quantitative estimate of drug-likeness (QED) is 0.547. The van der Waals surface area contributed by atoms with Crippen LogP contribution < -0.4 is 9.46 Å². The second-order valence-corrected chi connectivity index (χ2v) is 8.24. The van der Waals surface area contributed by atoms with Crippen LogP contribution in [0.25, 0.3) is 0 Å². The van der Waals surface area contributed by atoms with E-state index in [1.165, 1.54) is 6.20 Å². The maximum Gasteiger partial charge on any atom is 0.416 e. The third-order valence-corrected chi connectivity index (χ3v) is 5.39. The second kappa shape index (κ2) is 8.37. The number of ether oxygens (including phenoxy) is 1. The first kappa shape index (κ1) is 21.1. The summed E-state index contributed by atoms with van der Waals surface area (Å²) >= 11 is 3.14. The van der Waals surface area contributed by atoms with E-state index in [4.69, 9.17) is 4.74 Å². The van der Waals surface area contributed by atoms with Crippen molar-refractivity contribution >= 4 is 31.8 Å². The van der Waals surface area contributed by atoms with Crippen molar-refractivity contribution in [2.75, 3.05) is 4.72 Å². The van der Waals surface area contributed by atoms with E-state index in [9.17, 15) is 21.6 Å². The highest BCUT2D eigenvalue weighted by Crippen LogP contribution is 2.30. The molecule has 11 heteroatoms. The van der Waals surface area contributed by atoms with Gasteiger partial charge in [0, 0.05) is 0 Å². The summed E-state index contributed by atoms with van der Waals surface area (Å²) in [6.45, 7) is 0.112. The van der Waals surface area contributed by atoms with E-state index >= 15 is 0 Å². The predicted molar refractivity (Wildman–Crippen MR) is 103 cm³/mol. The SMILES string of the molecule is O=S(=O)(Nc1ncc(Br)nc1OCc1ccccc1)c1ccc(C(F)(F)F)cc1. The van der Waals surface area contributed by atoms with E-state index in [1.807, 2.05) is 30.3 Å². The molecule has 0 saturated carbocycles. The number of sulfonamides is 1. The minimum atomic E-state index is -4.56. The standard InChI is InChI=1S/C18H13BrF3N3O3S/c19-15-10-23-16(17(24-15)28-11-12-4-2-1-3-5-12)25-29(26,27)14-8-6-13(7-9-14)18(20,21)22/h1-10H,11H2,(H,23,25). The number of nitrogens with one attached hydrogen (secondary N) is 1. The summed E-state index contributed by atoms with van der Waals surface area (Å²) in [6.07, 6.45) is -3.30. The van der Waals surface area contributed by atoms with Crippen molar-refractivity contribution in [2.45, 2.75) is 17.7 Å². The van der Waals surface area contributed by atoms with Crippen molar-refractivity contribution in [3.05, 3.63) is 76.5 Å². The predicted octanol–water partition coefficient (Wildman–Crippen LogP) is 4.64. The van der Waals surface area contributed by atoms with Gasteiger partial charge in [0.15, 0.2) is 0 Å². The highest BCUT2D eigenvalue weighted by molar-refractivity contribution is 9.10. The van der Waals surface area contributed by atoms with Crippen LogP contribution in [-0.4, -0.2) is 18.4 Å². The number of rotatable bonds is 6. The molecule has 3 aromatic rings. The zero-order valence-corrected chi connectivity index (χ0v) is 16.9. The molecule has 0 aliphatic carbocycles. The van der Waals surface area contributed by atoms with E-state index in [0.717, 1.165) is 17.7 Å². The lowest BCUT2D eigenvalue weighted by Gasteiger charge is -2.13. The van der Waals surface area contributed by atoms with Crippen LogP contribution in [0.5, 0.6) is 5.88 Å². The maximum atomic E-state index is 12.7. The van der Waals surface area contributed by atoms with Gasteiger partial charge in [-0.25, -0.2) is 18.4 Å². The molecule has 1 N–H and O–H groups in total. The van der Waals surface area contributed by atoms with Gasteiger partial charge in [-0.1, -0.05) is 30.3 Å².